The molecule has 0 saturated carbocycles. The number of aryl methyl sites for hydroxylation is 2. The zero-order valence-electron chi connectivity index (χ0n) is 8.81. The Balaban J connectivity index is 2.02. The summed E-state index contributed by atoms with van der Waals surface area (Å²) >= 11 is 0. The molecule has 1 heterocycles. The molecule has 0 spiro atoms. The van der Waals surface area contributed by atoms with Crippen molar-refractivity contribution in [3.05, 3.63) is 53.9 Å². The minimum atomic E-state index is -0.217. The Kier molecular flexibility index (Phi) is 3.31. The number of aromatic nitrogens is 2. The smallest absolute Gasteiger partial charge is 0.123 e. The lowest BCUT2D eigenvalue weighted by Crippen LogP contribution is -2.04. The summed E-state index contributed by atoms with van der Waals surface area (Å²) in [6.07, 6.45) is 4.03. The molecular weight excluding hydrogens is 207 g/mol. The minimum Gasteiger partial charge on any atom is -0.390 e. The van der Waals surface area contributed by atoms with Gasteiger partial charge in [-0.1, -0.05) is 12.1 Å². The molecule has 1 aromatic carbocycles. The number of aliphatic hydroxyl groups excluding tert-OH is 1. The average molecular weight is 220 g/mol. The highest BCUT2D eigenvalue weighted by molar-refractivity contribution is 5.16. The van der Waals surface area contributed by atoms with E-state index in [1.807, 2.05) is 10.6 Å². The summed E-state index contributed by atoms with van der Waals surface area (Å²) < 4.78 is 14.8. The second kappa shape index (κ2) is 4.90. The summed E-state index contributed by atoms with van der Waals surface area (Å²) in [5, 5.41) is 9.03. The van der Waals surface area contributed by atoms with E-state index < -0.39 is 0 Å². The largest absolute Gasteiger partial charge is 0.390 e. The highest BCUT2D eigenvalue weighted by Gasteiger charge is 2.01. The first-order valence-corrected chi connectivity index (χ1v) is 5.14. The lowest BCUT2D eigenvalue weighted by molar-refractivity contribution is 0.270. The zero-order chi connectivity index (χ0) is 11.4. The molecule has 0 amide bonds. The summed E-state index contributed by atoms with van der Waals surface area (Å²) in [7, 11) is 0. The molecule has 0 radical (unpaired) electrons. The summed E-state index contributed by atoms with van der Waals surface area (Å²) in [5.41, 5.74) is 1.72. The molecule has 0 aliphatic heterocycles. The van der Waals surface area contributed by atoms with Crippen LogP contribution in [0.5, 0.6) is 0 Å². The van der Waals surface area contributed by atoms with Crippen molar-refractivity contribution in [1.29, 1.82) is 0 Å². The molecule has 16 heavy (non-hydrogen) atoms. The maximum absolute atomic E-state index is 12.9. The van der Waals surface area contributed by atoms with Gasteiger partial charge in [-0.3, -0.25) is 0 Å². The summed E-state index contributed by atoms with van der Waals surface area (Å²) in [6, 6.07) is 6.54. The maximum atomic E-state index is 12.9. The van der Waals surface area contributed by atoms with Gasteiger partial charge in [0.25, 0.3) is 0 Å². The fraction of sp³-hybridized carbons (Fsp3) is 0.250. The van der Waals surface area contributed by atoms with E-state index in [2.05, 4.69) is 4.98 Å². The van der Waals surface area contributed by atoms with E-state index in [1.54, 1.807) is 18.6 Å². The third-order valence-corrected chi connectivity index (χ3v) is 2.49. The number of rotatable bonds is 4. The van der Waals surface area contributed by atoms with E-state index in [0.717, 1.165) is 17.7 Å². The highest BCUT2D eigenvalue weighted by Crippen LogP contribution is 2.07. The maximum Gasteiger partial charge on any atom is 0.123 e. The lowest BCUT2D eigenvalue weighted by atomic mass is 10.1. The van der Waals surface area contributed by atoms with E-state index in [0.29, 0.717) is 6.54 Å². The third-order valence-electron chi connectivity index (χ3n) is 2.49. The quantitative estimate of drug-likeness (QED) is 0.852. The van der Waals surface area contributed by atoms with Gasteiger partial charge in [-0.05, 0) is 24.1 Å². The third kappa shape index (κ3) is 2.46. The van der Waals surface area contributed by atoms with Crippen LogP contribution in [0.1, 0.15) is 11.3 Å². The number of aliphatic hydroxyl groups is 1. The van der Waals surface area contributed by atoms with Gasteiger partial charge in [-0.25, -0.2) is 9.37 Å². The molecule has 4 heteroatoms. The molecule has 2 aromatic rings. The molecule has 3 nitrogen and oxygen atoms in total. The summed E-state index contributed by atoms with van der Waals surface area (Å²) in [5.74, 6) is -0.217. The van der Waals surface area contributed by atoms with Crippen LogP contribution in [0.15, 0.2) is 36.8 Å². The number of halogens is 1. The highest BCUT2D eigenvalue weighted by atomic mass is 19.1. The van der Waals surface area contributed by atoms with E-state index in [-0.39, 0.29) is 12.4 Å². The first-order valence-electron chi connectivity index (χ1n) is 5.14. The molecule has 1 aromatic heterocycles. The van der Waals surface area contributed by atoms with Crippen molar-refractivity contribution in [2.75, 3.05) is 0 Å². The Bertz CT molecular complexity index is 468. The van der Waals surface area contributed by atoms with Crippen molar-refractivity contribution in [2.24, 2.45) is 0 Å². The second-order valence-electron chi connectivity index (χ2n) is 3.62. The van der Waals surface area contributed by atoms with Gasteiger partial charge in [-0.15, -0.1) is 0 Å². The zero-order valence-corrected chi connectivity index (χ0v) is 8.81. The van der Waals surface area contributed by atoms with Crippen molar-refractivity contribution >= 4 is 0 Å². The first-order chi connectivity index (χ1) is 7.79. The van der Waals surface area contributed by atoms with Gasteiger partial charge in [0, 0.05) is 6.54 Å². The summed E-state index contributed by atoms with van der Waals surface area (Å²) in [4.78, 5) is 3.95. The predicted octanol–water partition coefficient (Wildman–Crippen LogP) is 1.76. The fourth-order valence-corrected chi connectivity index (χ4v) is 1.62. The van der Waals surface area contributed by atoms with Crippen LogP contribution in [-0.4, -0.2) is 14.7 Å². The van der Waals surface area contributed by atoms with Gasteiger partial charge < -0.3 is 9.67 Å². The van der Waals surface area contributed by atoms with Gasteiger partial charge in [-0.2, -0.15) is 0 Å². The van der Waals surface area contributed by atoms with Crippen molar-refractivity contribution in [2.45, 2.75) is 19.6 Å². The standard InChI is InChI=1S/C12H13FN2O/c13-11-3-1-2-10(6-11)4-5-15-9-14-7-12(15)8-16/h1-3,6-7,9,16H,4-5,8H2. The van der Waals surface area contributed by atoms with Crippen LogP contribution in [0.3, 0.4) is 0 Å². The molecule has 0 fully saturated rings. The predicted molar refractivity (Wildman–Crippen MR) is 58.3 cm³/mol. The van der Waals surface area contributed by atoms with Crippen LogP contribution >= 0.6 is 0 Å². The lowest BCUT2D eigenvalue weighted by Gasteiger charge is -2.06. The van der Waals surface area contributed by atoms with Crippen LogP contribution in [0, 0.1) is 5.82 Å². The molecule has 0 saturated heterocycles. The second-order valence-corrected chi connectivity index (χ2v) is 3.62. The topological polar surface area (TPSA) is 38.1 Å². The Morgan fingerprint density at radius 3 is 3.00 bits per heavy atom. The molecule has 0 aliphatic rings. The van der Waals surface area contributed by atoms with Gasteiger partial charge in [0.2, 0.25) is 0 Å². The van der Waals surface area contributed by atoms with Gasteiger partial charge >= 0.3 is 0 Å². The van der Waals surface area contributed by atoms with Gasteiger partial charge in [0.1, 0.15) is 5.82 Å². The van der Waals surface area contributed by atoms with Crippen molar-refractivity contribution in [1.82, 2.24) is 9.55 Å². The molecule has 0 aliphatic carbocycles. The minimum absolute atomic E-state index is 0.0247. The molecule has 2 rings (SSSR count). The van der Waals surface area contributed by atoms with Crippen molar-refractivity contribution < 1.29 is 9.50 Å². The normalized spacial score (nSPS) is 10.6. The Labute approximate surface area is 93.2 Å². The van der Waals surface area contributed by atoms with Crippen LogP contribution < -0.4 is 0 Å². The molecular formula is C12H13FN2O. The SMILES string of the molecule is OCc1cncn1CCc1cccc(F)c1. The molecule has 84 valence electrons. The molecule has 0 unspecified atom stereocenters. The Morgan fingerprint density at radius 2 is 2.25 bits per heavy atom. The van der Waals surface area contributed by atoms with Crippen LogP contribution in [0.25, 0.3) is 0 Å². The van der Waals surface area contributed by atoms with Crippen molar-refractivity contribution in [3.8, 4) is 0 Å². The van der Waals surface area contributed by atoms with Crippen molar-refractivity contribution in [3.63, 3.8) is 0 Å². The number of hydrogen-bond donors (Lipinski definition) is 1. The van der Waals surface area contributed by atoms with E-state index in [9.17, 15) is 4.39 Å². The Morgan fingerprint density at radius 1 is 1.38 bits per heavy atom. The monoisotopic (exact) mass is 220 g/mol. The number of benzene rings is 1. The van der Waals surface area contributed by atoms with Crippen LogP contribution in [0.2, 0.25) is 0 Å². The fourth-order valence-electron chi connectivity index (χ4n) is 1.62. The average Bonchev–Trinajstić information content (AvgIpc) is 2.74. The number of nitrogens with zero attached hydrogens (tertiary/aromatic N) is 2. The number of imidazole rings is 1. The van der Waals surface area contributed by atoms with Crippen LogP contribution in [-0.2, 0) is 19.6 Å². The Hall–Kier alpha value is -1.68. The van der Waals surface area contributed by atoms with Crippen LogP contribution in [0.4, 0.5) is 4.39 Å². The van der Waals surface area contributed by atoms with Gasteiger partial charge in [0.05, 0.1) is 24.8 Å². The number of hydrogen-bond acceptors (Lipinski definition) is 2. The van der Waals surface area contributed by atoms with E-state index in [4.69, 9.17) is 5.11 Å². The first kappa shape index (κ1) is 10.8. The molecule has 0 bridgehead atoms. The van der Waals surface area contributed by atoms with E-state index >= 15 is 0 Å². The molecule has 0 atom stereocenters. The molecule has 1 N–H and O–H groups in total. The van der Waals surface area contributed by atoms with Gasteiger partial charge in [0.15, 0.2) is 0 Å². The summed E-state index contributed by atoms with van der Waals surface area (Å²) in [6.45, 7) is 0.669. The van der Waals surface area contributed by atoms with E-state index in [1.165, 1.54) is 12.1 Å².